The fourth-order valence-corrected chi connectivity index (χ4v) is 1.63. The lowest BCUT2D eigenvalue weighted by Crippen LogP contribution is -2.33. The molecule has 0 unspecified atom stereocenters. The highest BCUT2D eigenvalue weighted by Gasteiger charge is 2.44. The molecule has 1 aliphatic heterocycles. The van der Waals surface area contributed by atoms with Crippen LogP contribution in [0.4, 0.5) is 19.0 Å². The summed E-state index contributed by atoms with van der Waals surface area (Å²) in [5, 5.41) is 14.7. The van der Waals surface area contributed by atoms with E-state index in [1.165, 1.54) is 0 Å². The Morgan fingerprint density at radius 3 is 2.88 bits per heavy atom. The average molecular weight is 235 g/mol. The minimum Gasteiger partial charge on any atom is -0.476 e. The van der Waals surface area contributed by atoms with Crippen molar-refractivity contribution in [3.05, 3.63) is 11.8 Å². The van der Waals surface area contributed by atoms with Crippen LogP contribution in [0.15, 0.2) is 6.07 Å². The molecular formula is C8H8F3N3O2. The minimum absolute atomic E-state index is 0.0889. The van der Waals surface area contributed by atoms with Crippen LogP contribution in [0.3, 0.4) is 0 Å². The molecule has 2 N–H and O–H groups in total. The maximum atomic E-state index is 12.6. The number of nitrogens with zero attached hydrogens (tertiary/aromatic N) is 2. The van der Waals surface area contributed by atoms with Crippen molar-refractivity contribution in [2.24, 2.45) is 0 Å². The lowest BCUT2D eigenvalue weighted by Gasteiger charge is -2.27. The van der Waals surface area contributed by atoms with Crippen molar-refractivity contribution >= 4 is 11.8 Å². The Bertz CT molecular complexity index is 427. The van der Waals surface area contributed by atoms with Crippen LogP contribution in [-0.4, -0.2) is 33.6 Å². The van der Waals surface area contributed by atoms with Crippen molar-refractivity contribution in [1.82, 2.24) is 9.78 Å². The lowest BCUT2D eigenvalue weighted by atomic mass is 10.1. The van der Waals surface area contributed by atoms with Gasteiger partial charge in [-0.25, -0.2) is 9.48 Å². The molecule has 1 aromatic rings. The molecule has 5 nitrogen and oxygen atoms in total. The van der Waals surface area contributed by atoms with Crippen LogP contribution < -0.4 is 5.32 Å². The molecular weight excluding hydrogens is 227 g/mol. The Kier molecular flexibility index (Phi) is 2.28. The maximum absolute atomic E-state index is 12.6. The van der Waals surface area contributed by atoms with Crippen LogP contribution in [0, 0.1) is 0 Å². The molecule has 0 aliphatic carbocycles. The summed E-state index contributed by atoms with van der Waals surface area (Å²) >= 11 is 0. The number of aromatic carboxylic acids is 1. The van der Waals surface area contributed by atoms with Crippen molar-refractivity contribution < 1.29 is 23.1 Å². The van der Waals surface area contributed by atoms with Gasteiger partial charge in [-0.3, -0.25) is 0 Å². The van der Waals surface area contributed by atoms with Crippen LogP contribution in [0.25, 0.3) is 0 Å². The summed E-state index contributed by atoms with van der Waals surface area (Å²) in [4.78, 5) is 10.6. The molecule has 1 aromatic heterocycles. The van der Waals surface area contributed by atoms with E-state index in [0.29, 0.717) is 4.68 Å². The van der Waals surface area contributed by atoms with E-state index in [1.54, 1.807) is 0 Å². The Balaban J connectivity index is 2.42. The number of carboxylic acids is 1. The van der Waals surface area contributed by atoms with Gasteiger partial charge in [-0.2, -0.15) is 18.3 Å². The van der Waals surface area contributed by atoms with Crippen molar-refractivity contribution in [3.63, 3.8) is 0 Å². The molecule has 88 valence electrons. The van der Waals surface area contributed by atoms with E-state index < -0.39 is 23.9 Å². The van der Waals surface area contributed by atoms with Crippen molar-refractivity contribution in [2.45, 2.75) is 18.6 Å². The number of carbonyl (C=O) groups is 1. The smallest absolute Gasteiger partial charge is 0.410 e. The van der Waals surface area contributed by atoms with E-state index in [1.807, 2.05) is 0 Å². The maximum Gasteiger partial charge on any atom is 0.410 e. The van der Waals surface area contributed by atoms with Crippen molar-refractivity contribution in [1.29, 1.82) is 0 Å². The average Bonchev–Trinajstić information content (AvgIpc) is 2.58. The first-order valence-electron chi connectivity index (χ1n) is 4.53. The van der Waals surface area contributed by atoms with Crippen LogP contribution in [0.5, 0.6) is 0 Å². The van der Waals surface area contributed by atoms with Gasteiger partial charge in [0.05, 0.1) is 0 Å². The Morgan fingerprint density at radius 1 is 1.62 bits per heavy atom. The molecule has 0 aromatic carbocycles. The number of rotatable bonds is 1. The summed E-state index contributed by atoms with van der Waals surface area (Å²) in [6.45, 7) is 0.148. The van der Waals surface area contributed by atoms with Gasteiger partial charge < -0.3 is 10.4 Å². The molecule has 1 aliphatic rings. The number of alkyl halides is 3. The summed E-state index contributed by atoms with van der Waals surface area (Å²) in [6, 6.07) is -0.655. The molecule has 2 rings (SSSR count). The van der Waals surface area contributed by atoms with Crippen LogP contribution in [0.1, 0.15) is 23.0 Å². The second kappa shape index (κ2) is 3.39. The zero-order chi connectivity index (χ0) is 11.9. The summed E-state index contributed by atoms with van der Waals surface area (Å²) in [7, 11) is 0. The van der Waals surface area contributed by atoms with Gasteiger partial charge in [0.25, 0.3) is 0 Å². The zero-order valence-corrected chi connectivity index (χ0v) is 7.95. The lowest BCUT2D eigenvalue weighted by molar-refractivity contribution is -0.171. The third-order valence-corrected chi connectivity index (χ3v) is 2.35. The molecule has 2 heterocycles. The second-order valence-electron chi connectivity index (χ2n) is 3.44. The molecule has 0 saturated heterocycles. The number of nitrogens with one attached hydrogen (secondary N) is 1. The first-order chi connectivity index (χ1) is 7.39. The van der Waals surface area contributed by atoms with Crippen LogP contribution >= 0.6 is 0 Å². The van der Waals surface area contributed by atoms with Crippen LogP contribution in [-0.2, 0) is 0 Å². The Morgan fingerprint density at radius 2 is 2.31 bits per heavy atom. The number of fused-ring (bicyclic) bond motifs is 1. The van der Waals surface area contributed by atoms with Gasteiger partial charge in [0.1, 0.15) is 5.82 Å². The molecule has 0 radical (unpaired) electrons. The minimum atomic E-state index is -4.42. The van der Waals surface area contributed by atoms with E-state index in [-0.39, 0.29) is 18.8 Å². The number of hydrogen-bond acceptors (Lipinski definition) is 3. The normalized spacial score (nSPS) is 20.1. The van der Waals surface area contributed by atoms with Crippen molar-refractivity contribution in [3.8, 4) is 0 Å². The third-order valence-electron chi connectivity index (χ3n) is 2.35. The summed E-state index contributed by atoms with van der Waals surface area (Å²) in [5.74, 6) is -1.25. The van der Waals surface area contributed by atoms with Crippen LogP contribution in [0.2, 0.25) is 0 Å². The van der Waals surface area contributed by atoms with Crippen molar-refractivity contribution in [2.75, 3.05) is 11.9 Å². The third kappa shape index (κ3) is 1.70. The van der Waals surface area contributed by atoms with E-state index in [0.717, 1.165) is 6.07 Å². The number of hydrogen-bond donors (Lipinski definition) is 2. The molecule has 0 fully saturated rings. The van der Waals surface area contributed by atoms with E-state index in [2.05, 4.69) is 10.4 Å². The second-order valence-corrected chi connectivity index (χ2v) is 3.44. The van der Waals surface area contributed by atoms with E-state index in [9.17, 15) is 18.0 Å². The highest BCUT2D eigenvalue weighted by Crippen LogP contribution is 2.37. The monoisotopic (exact) mass is 235 g/mol. The molecule has 8 heteroatoms. The molecule has 0 amide bonds. The largest absolute Gasteiger partial charge is 0.476 e. The first kappa shape index (κ1) is 10.8. The molecule has 0 spiro atoms. The van der Waals surface area contributed by atoms with E-state index in [4.69, 9.17) is 5.11 Å². The Hall–Kier alpha value is -1.73. The predicted octanol–water partition coefficient (Wildman–Crippen LogP) is 1.50. The van der Waals surface area contributed by atoms with Gasteiger partial charge in [-0.05, 0) is 6.42 Å². The fourth-order valence-electron chi connectivity index (χ4n) is 1.63. The zero-order valence-electron chi connectivity index (χ0n) is 7.95. The molecule has 0 bridgehead atoms. The van der Waals surface area contributed by atoms with E-state index >= 15 is 0 Å². The van der Waals surface area contributed by atoms with Gasteiger partial charge in [0.2, 0.25) is 0 Å². The SMILES string of the molecule is O=C(O)c1cc2n(n1)[C@@H](C(F)(F)F)CCN2. The Labute approximate surface area is 87.9 Å². The molecule has 0 saturated carbocycles. The summed E-state index contributed by atoms with van der Waals surface area (Å²) in [6.07, 6.45) is -4.57. The topological polar surface area (TPSA) is 67.1 Å². The first-order valence-corrected chi connectivity index (χ1v) is 4.53. The fraction of sp³-hybridized carbons (Fsp3) is 0.500. The molecule has 1 atom stereocenters. The van der Waals surface area contributed by atoms with Gasteiger partial charge in [0.15, 0.2) is 11.7 Å². The number of anilines is 1. The summed E-state index contributed by atoms with van der Waals surface area (Å²) in [5.41, 5.74) is -0.390. The quantitative estimate of drug-likeness (QED) is 0.774. The standard InChI is InChI=1S/C8H8F3N3O2/c9-8(10,11)5-1-2-12-6-3-4(7(15)16)13-14(5)6/h3,5,12H,1-2H2,(H,15,16)/t5-/m1/s1. The van der Waals surface area contributed by atoms with Gasteiger partial charge in [-0.1, -0.05) is 0 Å². The van der Waals surface area contributed by atoms with Gasteiger partial charge >= 0.3 is 12.1 Å². The van der Waals surface area contributed by atoms with Gasteiger partial charge in [-0.15, -0.1) is 0 Å². The predicted molar refractivity (Wildman–Crippen MR) is 47.4 cm³/mol. The molecule has 16 heavy (non-hydrogen) atoms. The number of carboxylic acid groups (broad SMARTS) is 1. The summed E-state index contributed by atoms with van der Waals surface area (Å²) < 4.78 is 38.5. The highest BCUT2D eigenvalue weighted by atomic mass is 19.4. The highest BCUT2D eigenvalue weighted by molar-refractivity contribution is 5.86. The number of aromatic nitrogens is 2. The number of halogens is 3. The van der Waals surface area contributed by atoms with Gasteiger partial charge in [0, 0.05) is 12.6 Å².